The molecule has 0 amide bonds. The lowest BCUT2D eigenvalue weighted by molar-refractivity contribution is 0.105. The summed E-state index contributed by atoms with van der Waals surface area (Å²) in [5, 5.41) is 24.0. The Morgan fingerprint density at radius 2 is 2.12 bits per heavy atom. The van der Waals surface area contributed by atoms with E-state index in [0.29, 0.717) is 11.8 Å². The van der Waals surface area contributed by atoms with Gasteiger partial charge in [-0.1, -0.05) is 6.92 Å². The minimum atomic E-state index is -0.780. The first-order valence-electron chi connectivity index (χ1n) is 5.78. The molecule has 6 nitrogen and oxygen atoms in total. The Bertz CT molecular complexity index is 346. The number of nitrogens with one attached hydrogen (secondary N) is 2. The van der Waals surface area contributed by atoms with E-state index in [1.54, 1.807) is 6.07 Å². The first-order chi connectivity index (χ1) is 8.15. The number of hydrogen-bond donors (Lipinski definition) is 4. The molecule has 4 N–H and O–H groups in total. The maximum atomic E-state index is 9.23. The van der Waals surface area contributed by atoms with E-state index in [2.05, 4.69) is 27.5 Å². The second-order valence-corrected chi connectivity index (χ2v) is 3.86. The third-order valence-corrected chi connectivity index (χ3v) is 2.12. The maximum Gasteiger partial charge on any atom is 0.224 e. The highest BCUT2D eigenvalue weighted by molar-refractivity contribution is 5.42. The van der Waals surface area contributed by atoms with Crippen molar-refractivity contribution in [1.29, 1.82) is 0 Å². The largest absolute Gasteiger partial charge is 0.394 e. The van der Waals surface area contributed by atoms with Gasteiger partial charge in [0.15, 0.2) is 0 Å². The molecular formula is C11H20N4O2. The third-order valence-electron chi connectivity index (χ3n) is 2.12. The van der Waals surface area contributed by atoms with Gasteiger partial charge in [0.1, 0.15) is 5.82 Å². The average molecular weight is 240 g/mol. The van der Waals surface area contributed by atoms with Crippen LogP contribution in [-0.2, 0) is 0 Å². The van der Waals surface area contributed by atoms with Gasteiger partial charge in [-0.05, 0) is 13.3 Å². The number of rotatable bonds is 7. The zero-order chi connectivity index (χ0) is 12.7. The van der Waals surface area contributed by atoms with Gasteiger partial charge in [-0.25, -0.2) is 4.98 Å². The van der Waals surface area contributed by atoms with Gasteiger partial charge in [0.25, 0.3) is 0 Å². The molecule has 0 radical (unpaired) electrons. The van der Waals surface area contributed by atoms with E-state index in [4.69, 9.17) is 5.11 Å². The lowest BCUT2D eigenvalue weighted by atomic mass is 10.3. The van der Waals surface area contributed by atoms with Crippen molar-refractivity contribution in [1.82, 2.24) is 9.97 Å². The van der Waals surface area contributed by atoms with Gasteiger partial charge in [0, 0.05) is 24.8 Å². The summed E-state index contributed by atoms with van der Waals surface area (Å²) in [5.41, 5.74) is 0.847. The van der Waals surface area contributed by atoms with Crippen molar-refractivity contribution < 1.29 is 10.2 Å². The van der Waals surface area contributed by atoms with Gasteiger partial charge in [-0.2, -0.15) is 4.98 Å². The normalized spacial score (nSPS) is 12.2. The molecule has 0 aromatic carbocycles. The first kappa shape index (κ1) is 13.7. The molecule has 96 valence electrons. The third kappa shape index (κ3) is 4.97. The summed E-state index contributed by atoms with van der Waals surface area (Å²) >= 11 is 0. The Labute approximate surface area is 101 Å². The first-order valence-corrected chi connectivity index (χ1v) is 5.78. The Balaban J connectivity index is 2.61. The second kappa shape index (κ2) is 7.03. The summed E-state index contributed by atoms with van der Waals surface area (Å²) in [6.45, 7) is 4.77. The van der Waals surface area contributed by atoms with Crippen LogP contribution in [0.25, 0.3) is 0 Å². The van der Waals surface area contributed by atoms with Crippen molar-refractivity contribution in [3.63, 3.8) is 0 Å². The molecule has 1 unspecified atom stereocenters. The monoisotopic (exact) mass is 240 g/mol. The van der Waals surface area contributed by atoms with Gasteiger partial charge < -0.3 is 20.8 Å². The van der Waals surface area contributed by atoms with Crippen LogP contribution >= 0.6 is 0 Å². The fourth-order valence-electron chi connectivity index (χ4n) is 1.26. The number of anilines is 2. The van der Waals surface area contributed by atoms with E-state index >= 15 is 0 Å². The molecule has 0 saturated heterocycles. The van der Waals surface area contributed by atoms with Gasteiger partial charge >= 0.3 is 0 Å². The van der Waals surface area contributed by atoms with Crippen LogP contribution < -0.4 is 10.6 Å². The lowest BCUT2D eigenvalue weighted by Crippen LogP contribution is -2.23. The van der Waals surface area contributed by atoms with Crippen molar-refractivity contribution in [2.45, 2.75) is 26.4 Å². The Kier molecular flexibility index (Phi) is 5.65. The van der Waals surface area contributed by atoms with E-state index in [-0.39, 0.29) is 13.2 Å². The highest BCUT2D eigenvalue weighted by Crippen LogP contribution is 2.09. The van der Waals surface area contributed by atoms with Gasteiger partial charge in [-0.15, -0.1) is 0 Å². The zero-order valence-corrected chi connectivity index (χ0v) is 10.3. The summed E-state index contributed by atoms with van der Waals surface area (Å²) < 4.78 is 0. The molecule has 1 heterocycles. The molecule has 1 aromatic rings. The molecular weight excluding hydrogens is 220 g/mol. The minimum Gasteiger partial charge on any atom is -0.394 e. The number of hydrogen-bond acceptors (Lipinski definition) is 6. The summed E-state index contributed by atoms with van der Waals surface area (Å²) in [4.78, 5) is 8.50. The molecule has 0 fully saturated rings. The van der Waals surface area contributed by atoms with Crippen molar-refractivity contribution in [3.8, 4) is 0 Å². The number of aryl methyl sites for hydroxylation is 1. The van der Waals surface area contributed by atoms with Crippen LogP contribution in [0.3, 0.4) is 0 Å². The van der Waals surface area contributed by atoms with Crippen molar-refractivity contribution >= 4 is 11.8 Å². The van der Waals surface area contributed by atoms with Crippen LogP contribution in [0.1, 0.15) is 19.0 Å². The molecule has 0 saturated carbocycles. The van der Waals surface area contributed by atoms with Gasteiger partial charge in [0.2, 0.25) is 5.95 Å². The standard InChI is InChI=1S/C11H20N4O2/c1-3-4-12-11-14-8(2)5-10(15-11)13-6-9(17)7-16/h5,9,16-17H,3-4,6-7H2,1-2H3,(H2,12,13,14,15). The van der Waals surface area contributed by atoms with Crippen molar-refractivity contribution in [2.75, 3.05) is 30.3 Å². The predicted molar refractivity (Wildman–Crippen MR) is 67.1 cm³/mol. The van der Waals surface area contributed by atoms with Crippen LogP contribution in [0.4, 0.5) is 11.8 Å². The molecule has 0 spiro atoms. The fourth-order valence-corrected chi connectivity index (χ4v) is 1.26. The fraction of sp³-hybridized carbons (Fsp3) is 0.636. The summed E-state index contributed by atoms with van der Waals surface area (Å²) in [5.74, 6) is 1.22. The predicted octanol–water partition coefficient (Wildman–Crippen LogP) is 0.372. The van der Waals surface area contributed by atoms with Crippen LogP contribution in [0.5, 0.6) is 0 Å². The van der Waals surface area contributed by atoms with Crippen molar-refractivity contribution in [2.24, 2.45) is 0 Å². The van der Waals surface area contributed by atoms with Crippen LogP contribution in [0.15, 0.2) is 6.07 Å². The van der Waals surface area contributed by atoms with Crippen LogP contribution in [0, 0.1) is 6.92 Å². The number of aromatic nitrogens is 2. The summed E-state index contributed by atoms with van der Waals surface area (Å²) in [6.07, 6.45) is 0.223. The zero-order valence-electron chi connectivity index (χ0n) is 10.3. The number of aliphatic hydroxyl groups excluding tert-OH is 2. The Morgan fingerprint density at radius 3 is 2.76 bits per heavy atom. The smallest absolute Gasteiger partial charge is 0.224 e. The average Bonchev–Trinajstić information content (AvgIpc) is 2.32. The van der Waals surface area contributed by atoms with E-state index in [1.807, 2.05) is 6.92 Å². The highest BCUT2D eigenvalue weighted by Gasteiger charge is 2.04. The minimum absolute atomic E-state index is 0.264. The summed E-state index contributed by atoms with van der Waals surface area (Å²) in [6, 6.07) is 1.79. The molecule has 1 atom stereocenters. The van der Waals surface area contributed by atoms with E-state index in [0.717, 1.165) is 18.7 Å². The molecule has 1 aromatic heterocycles. The van der Waals surface area contributed by atoms with Crippen molar-refractivity contribution in [3.05, 3.63) is 11.8 Å². The topological polar surface area (TPSA) is 90.3 Å². The van der Waals surface area contributed by atoms with Gasteiger partial charge in [0.05, 0.1) is 12.7 Å². The molecule has 0 aliphatic carbocycles. The SMILES string of the molecule is CCCNc1nc(C)cc(NCC(O)CO)n1. The number of aliphatic hydroxyl groups is 2. The van der Waals surface area contributed by atoms with E-state index in [1.165, 1.54) is 0 Å². The quantitative estimate of drug-likeness (QED) is 0.550. The lowest BCUT2D eigenvalue weighted by Gasteiger charge is -2.11. The molecule has 1 rings (SSSR count). The molecule has 0 aliphatic rings. The Morgan fingerprint density at radius 1 is 1.35 bits per heavy atom. The number of nitrogens with zero attached hydrogens (tertiary/aromatic N) is 2. The van der Waals surface area contributed by atoms with E-state index in [9.17, 15) is 5.11 Å². The van der Waals surface area contributed by atoms with Crippen LogP contribution in [0.2, 0.25) is 0 Å². The molecule has 6 heteroatoms. The van der Waals surface area contributed by atoms with E-state index < -0.39 is 6.10 Å². The molecule has 0 bridgehead atoms. The van der Waals surface area contributed by atoms with Crippen LogP contribution in [-0.4, -0.2) is 46.0 Å². The maximum absolute atomic E-state index is 9.23. The summed E-state index contributed by atoms with van der Waals surface area (Å²) in [7, 11) is 0. The second-order valence-electron chi connectivity index (χ2n) is 3.86. The molecule has 0 aliphatic heterocycles. The highest BCUT2D eigenvalue weighted by atomic mass is 16.3. The Hall–Kier alpha value is -1.40. The molecule has 17 heavy (non-hydrogen) atoms. The van der Waals surface area contributed by atoms with Gasteiger partial charge in [-0.3, -0.25) is 0 Å².